The van der Waals surface area contributed by atoms with Crippen LogP contribution in [-0.4, -0.2) is 97.4 Å². The minimum atomic E-state index is -1.05. The summed E-state index contributed by atoms with van der Waals surface area (Å²) in [6, 6.07) is 8.93. The largest absolute Gasteiger partial charge is 0.442 e. The predicted molar refractivity (Wildman–Crippen MR) is 159 cm³/mol. The lowest BCUT2D eigenvalue weighted by Crippen LogP contribution is -2.47. The molecule has 0 radical (unpaired) electrons. The van der Waals surface area contributed by atoms with E-state index in [1.165, 1.54) is 17.9 Å². The van der Waals surface area contributed by atoms with Gasteiger partial charge in [0.25, 0.3) is 11.8 Å². The molecule has 5 amide bonds. The van der Waals surface area contributed by atoms with E-state index >= 15 is 0 Å². The van der Waals surface area contributed by atoms with Gasteiger partial charge in [-0.2, -0.15) is 0 Å². The fraction of sp³-hybridized carbons (Fsp3) is 0.464. The molecule has 2 aliphatic rings. The van der Waals surface area contributed by atoms with Gasteiger partial charge in [0.2, 0.25) is 11.8 Å². The molecule has 0 saturated carbocycles. The summed E-state index contributed by atoms with van der Waals surface area (Å²) in [5.41, 5.74) is 6.83. The van der Waals surface area contributed by atoms with Crippen molar-refractivity contribution in [3.63, 3.8) is 0 Å². The molecule has 13 nitrogen and oxygen atoms in total. The van der Waals surface area contributed by atoms with Crippen LogP contribution in [0.25, 0.3) is 0 Å². The van der Waals surface area contributed by atoms with E-state index in [4.69, 9.17) is 26.8 Å². The van der Waals surface area contributed by atoms with Gasteiger partial charge in [-0.3, -0.25) is 29.0 Å². The topological polar surface area (TPSA) is 172 Å². The molecule has 2 fully saturated rings. The van der Waals surface area contributed by atoms with Crippen molar-refractivity contribution in [3.05, 3.63) is 45.6 Å². The Balaban J connectivity index is 1.37. The van der Waals surface area contributed by atoms with Crippen molar-refractivity contribution in [1.29, 1.82) is 0 Å². The summed E-state index contributed by atoms with van der Waals surface area (Å²) in [5.74, 6) is -1.65. The van der Waals surface area contributed by atoms with E-state index in [1.54, 1.807) is 35.2 Å². The maximum absolute atomic E-state index is 13.3. The lowest BCUT2D eigenvalue weighted by atomic mass is 10.1. The molecule has 2 aliphatic heterocycles. The summed E-state index contributed by atoms with van der Waals surface area (Å²) in [7, 11) is 0. The number of thiophene rings is 1. The molecule has 0 bridgehead atoms. The van der Waals surface area contributed by atoms with E-state index in [0.717, 1.165) is 16.2 Å². The van der Waals surface area contributed by atoms with Crippen molar-refractivity contribution < 1.29 is 38.6 Å². The highest BCUT2D eigenvalue weighted by atomic mass is 35.5. The van der Waals surface area contributed by atoms with E-state index < -0.39 is 42.1 Å². The fourth-order valence-electron chi connectivity index (χ4n) is 4.58. The van der Waals surface area contributed by atoms with E-state index in [2.05, 4.69) is 5.32 Å². The molecule has 43 heavy (non-hydrogen) atoms. The van der Waals surface area contributed by atoms with Gasteiger partial charge in [-0.25, -0.2) is 4.79 Å². The molecule has 0 unspecified atom stereocenters. The zero-order valence-electron chi connectivity index (χ0n) is 23.6. The number of cyclic esters (lactones) is 1. The monoisotopic (exact) mass is 635 g/mol. The maximum Gasteiger partial charge on any atom is 0.414 e. The number of nitrogens with one attached hydrogen (secondary N) is 1. The zero-order valence-corrected chi connectivity index (χ0v) is 25.1. The molecule has 3 atom stereocenters. The zero-order chi connectivity index (χ0) is 31.1. The Morgan fingerprint density at radius 3 is 2.47 bits per heavy atom. The third kappa shape index (κ3) is 8.30. The molecule has 4 N–H and O–H groups in total. The van der Waals surface area contributed by atoms with Crippen LogP contribution in [0.15, 0.2) is 36.4 Å². The second-order valence-electron chi connectivity index (χ2n) is 10.2. The Morgan fingerprint density at radius 1 is 1.14 bits per heavy atom. The number of anilines is 2. The van der Waals surface area contributed by atoms with Gasteiger partial charge >= 0.3 is 6.09 Å². The first-order chi connectivity index (χ1) is 20.5. The molecule has 1 aromatic heterocycles. The van der Waals surface area contributed by atoms with Crippen molar-refractivity contribution in [2.45, 2.75) is 44.4 Å². The molecule has 2 aromatic rings. The summed E-state index contributed by atoms with van der Waals surface area (Å²) in [4.78, 5) is 67.7. The molecular weight excluding hydrogens is 602 g/mol. The number of amides is 5. The lowest BCUT2D eigenvalue weighted by molar-refractivity contribution is -0.129. The number of hydrogen-bond donors (Lipinski definition) is 3. The van der Waals surface area contributed by atoms with Crippen LogP contribution in [0.2, 0.25) is 4.34 Å². The van der Waals surface area contributed by atoms with Crippen molar-refractivity contribution in [1.82, 2.24) is 10.2 Å². The summed E-state index contributed by atoms with van der Waals surface area (Å²) < 4.78 is 11.1. The van der Waals surface area contributed by atoms with Crippen LogP contribution in [0.3, 0.4) is 0 Å². The Hall–Kier alpha value is -3.56. The van der Waals surface area contributed by atoms with Crippen molar-refractivity contribution in [3.8, 4) is 0 Å². The van der Waals surface area contributed by atoms with Gasteiger partial charge in [-0.1, -0.05) is 11.6 Å². The fourth-order valence-corrected chi connectivity index (χ4v) is 5.57. The maximum atomic E-state index is 13.3. The number of benzene rings is 1. The molecule has 2 saturated heterocycles. The van der Waals surface area contributed by atoms with Crippen LogP contribution >= 0.6 is 22.9 Å². The molecule has 0 aliphatic carbocycles. The van der Waals surface area contributed by atoms with Gasteiger partial charge < -0.3 is 30.5 Å². The molecule has 0 spiro atoms. The van der Waals surface area contributed by atoms with Crippen LogP contribution in [0.5, 0.6) is 0 Å². The van der Waals surface area contributed by atoms with Crippen molar-refractivity contribution in [2.24, 2.45) is 5.73 Å². The number of unbranched alkanes of at least 4 members (excludes halogenated alkanes) is 1. The highest BCUT2D eigenvalue weighted by molar-refractivity contribution is 7.18. The van der Waals surface area contributed by atoms with Crippen LogP contribution in [0.4, 0.5) is 16.2 Å². The van der Waals surface area contributed by atoms with Crippen LogP contribution in [-0.2, 0) is 23.9 Å². The van der Waals surface area contributed by atoms with Crippen LogP contribution < -0.4 is 20.9 Å². The van der Waals surface area contributed by atoms with Gasteiger partial charge in [0, 0.05) is 30.9 Å². The van der Waals surface area contributed by atoms with E-state index in [9.17, 15) is 29.1 Å². The third-order valence-electron chi connectivity index (χ3n) is 6.99. The van der Waals surface area contributed by atoms with Gasteiger partial charge in [0.15, 0.2) is 0 Å². The quantitative estimate of drug-likeness (QED) is 0.294. The number of carbonyl (C=O) groups is 5. The average Bonchev–Trinajstić information content (AvgIpc) is 3.59. The first-order valence-electron chi connectivity index (χ1n) is 13.8. The second-order valence-corrected chi connectivity index (χ2v) is 11.9. The van der Waals surface area contributed by atoms with Gasteiger partial charge in [-0.15, -0.1) is 11.3 Å². The van der Waals surface area contributed by atoms with Gasteiger partial charge in [-0.05, 0) is 56.2 Å². The van der Waals surface area contributed by atoms with E-state index in [-0.39, 0.29) is 43.4 Å². The standard InChI is InChI=1S/C28H34ClN5O8S/c1-17(35)25(30)26(38)31-11-3-2-4-23(36)34(27(39)21-9-10-22(29)43-21)15-20-14-33(28(40)42-20)19-7-5-18(6-8-19)32-12-13-41-16-24(32)37/h5-10,17,20,25,35H,2-4,11-16,30H2,1H3,(H,31,38)/t17-,20+,25-/m0/s1. The van der Waals surface area contributed by atoms with Gasteiger partial charge in [0.1, 0.15) is 18.8 Å². The Bertz CT molecular complexity index is 1340. The number of ether oxygens (including phenoxy) is 2. The first kappa shape index (κ1) is 32.4. The highest BCUT2D eigenvalue weighted by Crippen LogP contribution is 2.27. The molecule has 15 heteroatoms. The number of morpholine rings is 1. The smallest absolute Gasteiger partial charge is 0.414 e. The van der Waals surface area contributed by atoms with Gasteiger partial charge in [0.05, 0.1) is 35.0 Å². The number of nitrogens with two attached hydrogens (primary N) is 1. The minimum absolute atomic E-state index is 0.00920. The minimum Gasteiger partial charge on any atom is -0.442 e. The number of halogens is 1. The number of carbonyl (C=O) groups excluding carboxylic acids is 5. The predicted octanol–water partition coefficient (Wildman–Crippen LogP) is 1.75. The SMILES string of the molecule is C[C@H](O)[C@H](N)C(=O)NCCCCC(=O)N(C[C@H]1CN(c2ccc(N3CCOCC3=O)cc2)C(=O)O1)C(=O)c1ccc(Cl)s1. The van der Waals surface area contributed by atoms with E-state index in [0.29, 0.717) is 41.7 Å². The number of nitrogens with zero attached hydrogens (tertiary/aromatic N) is 3. The highest BCUT2D eigenvalue weighted by Gasteiger charge is 2.36. The van der Waals surface area contributed by atoms with E-state index in [1.807, 2.05) is 0 Å². The average molecular weight is 636 g/mol. The number of imide groups is 1. The van der Waals surface area contributed by atoms with Crippen LogP contribution in [0, 0.1) is 0 Å². The summed E-state index contributed by atoms with van der Waals surface area (Å²) in [6.45, 7) is 2.50. The summed E-state index contributed by atoms with van der Waals surface area (Å²) in [6.07, 6.45) is -1.58. The molecule has 232 valence electrons. The number of hydrogen-bond acceptors (Lipinski definition) is 10. The first-order valence-corrected chi connectivity index (χ1v) is 15.0. The molecule has 3 heterocycles. The number of rotatable bonds is 12. The Morgan fingerprint density at radius 2 is 1.84 bits per heavy atom. The van der Waals surface area contributed by atoms with Crippen molar-refractivity contribution in [2.75, 3.05) is 49.2 Å². The normalized spacial score (nSPS) is 18.3. The molecule has 4 rings (SSSR count). The Kier molecular flexibility index (Phi) is 11.1. The van der Waals surface area contributed by atoms with Crippen molar-refractivity contribution >= 4 is 64.0 Å². The van der Waals surface area contributed by atoms with Crippen LogP contribution in [0.1, 0.15) is 35.9 Å². The second kappa shape index (κ2) is 14.8. The summed E-state index contributed by atoms with van der Waals surface area (Å²) in [5, 5.41) is 12.0. The molecular formula is C28H34ClN5O8S. The Labute approximate surface area is 257 Å². The lowest BCUT2D eigenvalue weighted by Gasteiger charge is -2.27. The molecule has 1 aromatic carbocycles. The summed E-state index contributed by atoms with van der Waals surface area (Å²) >= 11 is 7.06. The number of aliphatic hydroxyl groups is 1. The third-order valence-corrected chi connectivity index (χ3v) is 8.21. The number of aliphatic hydroxyl groups excluding tert-OH is 1.